The Bertz CT molecular complexity index is 1560. The maximum absolute atomic E-state index is 14.4. The Morgan fingerprint density at radius 2 is 1.83 bits per heavy atom. The molecular formula is C22H16F4N6O2S. The standard InChI is InChI=1S/C22H16F4N6O2S/c1-12-5-20-16(6-18(12)23)17(7-27)21(32(20)14-8-28-11-29-9-14)19-4-3-15(10-30-19)35(33,34)31-13(2)22(24,25)26/h3-6,8-11,13,31H,1-2H3. The van der Waals surface area contributed by atoms with E-state index in [-0.39, 0.29) is 22.3 Å². The second kappa shape index (κ2) is 8.71. The molecule has 1 unspecified atom stereocenters. The van der Waals surface area contributed by atoms with Gasteiger partial charge in [-0.15, -0.1) is 0 Å². The van der Waals surface area contributed by atoms with Gasteiger partial charge in [0.25, 0.3) is 0 Å². The Labute approximate surface area is 196 Å². The highest BCUT2D eigenvalue weighted by Gasteiger charge is 2.39. The molecule has 0 saturated heterocycles. The highest BCUT2D eigenvalue weighted by molar-refractivity contribution is 7.89. The molecule has 0 fully saturated rings. The molecule has 1 N–H and O–H groups in total. The molecule has 4 rings (SSSR count). The summed E-state index contributed by atoms with van der Waals surface area (Å²) in [4.78, 5) is 11.6. The Balaban J connectivity index is 1.90. The molecule has 1 atom stereocenters. The van der Waals surface area contributed by atoms with E-state index in [2.05, 4.69) is 15.0 Å². The van der Waals surface area contributed by atoms with Crippen LogP contribution in [0.1, 0.15) is 18.1 Å². The van der Waals surface area contributed by atoms with Crippen molar-refractivity contribution in [1.82, 2.24) is 24.2 Å². The summed E-state index contributed by atoms with van der Waals surface area (Å²) in [5.41, 5.74) is 1.62. The van der Waals surface area contributed by atoms with Crippen LogP contribution in [-0.4, -0.2) is 40.2 Å². The molecule has 0 aliphatic heterocycles. The van der Waals surface area contributed by atoms with E-state index in [1.54, 1.807) is 22.3 Å². The van der Waals surface area contributed by atoms with E-state index in [9.17, 15) is 31.2 Å². The van der Waals surface area contributed by atoms with Gasteiger partial charge in [0.05, 0.1) is 40.5 Å². The number of hydrogen-bond donors (Lipinski definition) is 1. The summed E-state index contributed by atoms with van der Waals surface area (Å²) >= 11 is 0. The normalized spacial score (nSPS) is 13.1. The zero-order valence-electron chi connectivity index (χ0n) is 18.2. The second-order valence-corrected chi connectivity index (χ2v) is 9.36. The number of alkyl halides is 3. The second-order valence-electron chi connectivity index (χ2n) is 7.65. The van der Waals surface area contributed by atoms with E-state index in [0.717, 1.165) is 12.3 Å². The Kier molecular flexibility index (Phi) is 6.04. The minimum atomic E-state index is -4.77. The molecule has 0 saturated carbocycles. The average Bonchev–Trinajstić information content (AvgIpc) is 3.12. The molecule has 35 heavy (non-hydrogen) atoms. The zero-order valence-corrected chi connectivity index (χ0v) is 19.0. The minimum Gasteiger partial charge on any atom is -0.303 e. The van der Waals surface area contributed by atoms with E-state index in [1.807, 2.05) is 6.07 Å². The summed E-state index contributed by atoms with van der Waals surface area (Å²) in [6, 6.07) is 4.82. The molecule has 13 heteroatoms. The van der Waals surface area contributed by atoms with Crippen LogP contribution in [0.25, 0.3) is 28.0 Å². The maximum Gasteiger partial charge on any atom is 0.404 e. The first-order chi connectivity index (χ1) is 16.4. The summed E-state index contributed by atoms with van der Waals surface area (Å²) in [5, 5.41) is 10.2. The number of sulfonamides is 1. The van der Waals surface area contributed by atoms with Gasteiger partial charge in [0.2, 0.25) is 10.0 Å². The molecule has 3 aromatic heterocycles. The van der Waals surface area contributed by atoms with Crippen molar-refractivity contribution in [3.63, 3.8) is 0 Å². The summed E-state index contributed by atoms with van der Waals surface area (Å²) in [6.07, 6.45) is 0.359. The van der Waals surface area contributed by atoms with Crippen LogP contribution in [0, 0.1) is 24.1 Å². The van der Waals surface area contributed by atoms with Crippen LogP contribution in [0.5, 0.6) is 0 Å². The number of pyridine rings is 1. The molecular weight excluding hydrogens is 488 g/mol. The van der Waals surface area contributed by atoms with Crippen molar-refractivity contribution >= 4 is 20.9 Å². The van der Waals surface area contributed by atoms with Crippen LogP contribution >= 0.6 is 0 Å². The summed E-state index contributed by atoms with van der Waals surface area (Å²) < 4.78 is 80.8. The van der Waals surface area contributed by atoms with Crippen LogP contribution in [0.2, 0.25) is 0 Å². The number of rotatable bonds is 5. The van der Waals surface area contributed by atoms with E-state index in [1.165, 1.54) is 30.9 Å². The molecule has 8 nitrogen and oxygen atoms in total. The summed E-state index contributed by atoms with van der Waals surface area (Å²) in [5.74, 6) is -0.527. The Morgan fingerprint density at radius 1 is 1.14 bits per heavy atom. The lowest BCUT2D eigenvalue weighted by Gasteiger charge is -2.17. The van der Waals surface area contributed by atoms with E-state index >= 15 is 0 Å². The maximum atomic E-state index is 14.4. The summed E-state index contributed by atoms with van der Waals surface area (Å²) in [7, 11) is -4.53. The number of benzene rings is 1. The fourth-order valence-electron chi connectivity index (χ4n) is 3.49. The van der Waals surface area contributed by atoms with Gasteiger partial charge < -0.3 is 4.57 Å². The Morgan fingerprint density at radius 3 is 2.40 bits per heavy atom. The highest BCUT2D eigenvalue weighted by Crippen LogP contribution is 2.36. The molecule has 0 amide bonds. The van der Waals surface area contributed by atoms with E-state index in [4.69, 9.17) is 0 Å². The predicted octanol–water partition coefficient (Wildman–Crippen LogP) is 4.03. The SMILES string of the molecule is Cc1cc2c(cc1F)c(C#N)c(-c1ccc(S(=O)(=O)NC(C)C(F)(F)F)cn1)n2-c1cncnc1. The lowest BCUT2D eigenvalue weighted by Crippen LogP contribution is -2.42. The van der Waals surface area contributed by atoms with Gasteiger partial charge in [-0.3, -0.25) is 4.98 Å². The molecule has 1 aromatic carbocycles. The van der Waals surface area contributed by atoms with Gasteiger partial charge in [-0.1, -0.05) is 0 Å². The number of fused-ring (bicyclic) bond motifs is 1. The van der Waals surface area contributed by atoms with Gasteiger partial charge in [-0.05, 0) is 43.7 Å². The van der Waals surface area contributed by atoms with Crippen LogP contribution in [-0.2, 0) is 10.0 Å². The number of nitriles is 1. The van der Waals surface area contributed by atoms with E-state index in [0.29, 0.717) is 23.7 Å². The third-order valence-corrected chi connectivity index (χ3v) is 6.80. The molecule has 0 bridgehead atoms. The first-order valence-corrected chi connectivity index (χ1v) is 11.5. The first-order valence-electron chi connectivity index (χ1n) is 9.99. The van der Waals surface area contributed by atoms with Gasteiger partial charge >= 0.3 is 6.18 Å². The Hall–Kier alpha value is -3.89. The van der Waals surface area contributed by atoms with Crippen molar-refractivity contribution < 1.29 is 26.0 Å². The van der Waals surface area contributed by atoms with Gasteiger partial charge in [0.15, 0.2) is 0 Å². The molecule has 0 aliphatic carbocycles. The number of nitrogens with one attached hydrogen (secondary N) is 1. The summed E-state index contributed by atoms with van der Waals surface area (Å²) in [6.45, 7) is 2.24. The highest BCUT2D eigenvalue weighted by atomic mass is 32.2. The van der Waals surface area contributed by atoms with Crippen LogP contribution in [0.4, 0.5) is 17.6 Å². The number of halogens is 4. The van der Waals surface area contributed by atoms with Gasteiger partial charge in [-0.2, -0.15) is 23.2 Å². The quantitative estimate of drug-likeness (QED) is 0.411. The monoisotopic (exact) mass is 504 g/mol. The fraction of sp³-hybridized carbons (Fsp3) is 0.182. The molecule has 0 spiro atoms. The number of hydrogen-bond acceptors (Lipinski definition) is 6. The van der Waals surface area contributed by atoms with Crippen molar-refractivity contribution in [1.29, 1.82) is 5.26 Å². The lowest BCUT2D eigenvalue weighted by atomic mass is 10.1. The van der Waals surface area contributed by atoms with Crippen LogP contribution in [0.3, 0.4) is 0 Å². The smallest absolute Gasteiger partial charge is 0.303 e. The van der Waals surface area contributed by atoms with Gasteiger partial charge in [0.1, 0.15) is 29.2 Å². The van der Waals surface area contributed by atoms with Crippen molar-refractivity contribution in [2.24, 2.45) is 0 Å². The van der Waals surface area contributed by atoms with Gasteiger partial charge in [0, 0.05) is 11.6 Å². The fourth-order valence-corrected chi connectivity index (χ4v) is 4.66. The van der Waals surface area contributed by atoms with E-state index < -0.39 is 33.0 Å². The lowest BCUT2D eigenvalue weighted by molar-refractivity contribution is -0.147. The largest absolute Gasteiger partial charge is 0.404 e. The molecule has 180 valence electrons. The van der Waals surface area contributed by atoms with Gasteiger partial charge in [-0.25, -0.2) is 22.8 Å². The van der Waals surface area contributed by atoms with Crippen molar-refractivity contribution in [2.45, 2.75) is 31.0 Å². The molecule has 3 heterocycles. The minimum absolute atomic E-state index is 0.0645. The van der Waals surface area contributed by atoms with Crippen molar-refractivity contribution in [2.75, 3.05) is 0 Å². The molecule has 0 aliphatic rings. The van der Waals surface area contributed by atoms with Crippen LogP contribution < -0.4 is 4.72 Å². The third-order valence-electron chi connectivity index (χ3n) is 5.28. The van der Waals surface area contributed by atoms with Crippen molar-refractivity contribution in [3.05, 3.63) is 66.1 Å². The third kappa shape index (κ3) is 4.45. The molecule has 4 aromatic rings. The topological polar surface area (TPSA) is 114 Å². The number of nitrogens with zero attached hydrogens (tertiary/aromatic N) is 5. The predicted molar refractivity (Wildman–Crippen MR) is 117 cm³/mol. The number of aromatic nitrogens is 4. The number of aryl methyl sites for hydroxylation is 1. The first kappa shape index (κ1) is 24.2. The van der Waals surface area contributed by atoms with Crippen molar-refractivity contribution in [3.8, 4) is 23.1 Å². The zero-order chi connectivity index (χ0) is 25.5. The average molecular weight is 504 g/mol. The molecule has 0 radical (unpaired) electrons. The van der Waals surface area contributed by atoms with Crippen LogP contribution in [0.15, 0.2) is 54.1 Å².